The molecule has 82 valence electrons. The lowest BCUT2D eigenvalue weighted by Gasteiger charge is -2.05. The van der Waals surface area contributed by atoms with Crippen LogP contribution in [-0.2, 0) is 11.2 Å². The van der Waals surface area contributed by atoms with Crippen molar-refractivity contribution in [3.05, 3.63) is 41.5 Å². The molecule has 0 spiro atoms. The van der Waals surface area contributed by atoms with Crippen LogP contribution in [0.1, 0.15) is 11.1 Å². The van der Waals surface area contributed by atoms with Crippen molar-refractivity contribution in [1.29, 1.82) is 0 Å². The lowest BCUT2D eigenvalue weighted by Crippen LogP contribution is -1.99. The second kappa shape index (κ2) is 3.85. The molecule has 0 amide bonds. The first-order chi connectivity index (χ1) is 7.56. The molecule has 3 heteroatoms. The van der Waals surface area contributed by atoms with E-state index < -0.39 is 5.97 Å². The van der Waals surface area contributed by atoms with Crippen LogP contribution in [0.15, 0.2) is 30.3 Å². The van der Waals surface area contributed by atoms with Crippen molar-refractivity contribution in [2.75, 3.05) is 0 Å². The second-order valence-electron chi connectivity index (χ2n) is 3.91. The number of carbonyl (C=O) groups is 1. The predicted molar refractivity (Wildman–Crippen MR) is 61.7 cm³/mol. The fraction of sp³-hybridized carbons (Fsp3) is 0.154. The van der Waals surface area contributed by atoms with Gasteiger partial charge in [0.15, 0.2) is 0 Å². The normalized spacial score (nSPS) is 10.6. The van der Waals surface area contributed by atoms with Gasteiger partial charge in [-0.3, -0.25) is 4.79 Å². The molecule has 3 nitrogen and oxygen atoms in total. The van der Waals surface area contributed by atoms with E-state index in [1.54, 1.807) is 6.07 Å². The van der Waals surface area contributed by atoms with E-state index in [9.17, 15) is 9.90 Å². The molecular formula is C13H12O3. The van der Waals surface area contributed by atoms with Gasteiger partial charge in [0.05, 0.1) is 6.42 Å². The van der Waals surface area contributed by atoms with Gasteiger partial charge in [-0.05, 0) is 30.0 Å². The number of phenolic OH excluding ortho intramolecular Hbond substituents is 1. The molecule has 2 rings (SSSR count). The minimum Gasteiger partial charge on any atom is -0.507 e. The van der Waals surface area contributed by atoms with Crippen molar-refractivity contribution in [2.45, 2.75) is 13.3 Å². The van der Waals surface area contributed by atoms with Gasteiger partial charge in [0, 0.05) is 5.39 Å². The van der Waals surface area contributed by atoms with Crippen LogP contribution in [0.3, 0.4) is 0 Å². The first-order valence-electron chi connectivity index (χ1n) is 5.00. The van der Waals surface area contributed by atoms with Gasteiger partial charge in [-0.1, -0.05) is 23.8 Å². The van der Waals surface area contributed by atoms with Gasteiger partial charge in [0.1, 0.15) is 5.75 Å². The van der Waals surface area contributed by atoms with E-state index in [1.165, 1.54) is 6.07 Å². The summed E-state index contributed by atoms with van der Waals surface area (Å²) in [6, 6.07) is 9.01. The summed E-state index contributed by atoms with van der Waals surface area (Å²) >= 11 is 0. The number of aliphatic carboxylic acids is 1. The zero-order valence-corrected chi connectivity index (χ0v) is 8.90. The summed E-state index contributed by atoms with van der Waals surface area (Å²) in [5.41, 5.74) is 1.68. The highest BCUT2D eigenvalue weighted by molar-refractivity contribution is 5.90. The SMILES string of the molecule is Cc1ccc2cc(CC(=O)O)cc(O)c2c1. The molecule has 2 N–H and O–H groups in total. The number of hydrogen-bond acceptors (Lipinski definition) is 2. The highest BCUT2D eigenvalue weighted by atomic mass is 16.4. The second-order valence-corrected chi connectivity index (χ2v) is 3.91. The standard InChI is InChI=1S/C13H12O3/c1-8-2-3-10-5-9(7-13(15)16)6-12(14)11(10)4-8/h2-6,14H,7H2,1H3,(H,15,16). The Hall–Kier alpha value is -2.03. The largest absolute Gasteiger partial charge is 0.507 e. The maximum Gasteiger partial charge on any atom is 0.307 e. The topological polar surface area (TPSA) is 57.5 Å². The smallest absolute Gasteiger partial charge is 0.307 e. The average molecular weight is 216 g/mol. The number of carboxylic acid groups (broad SMARTS) is 1. The molecule has 0 bridgehead atoms. The van der Waals surface area contributed by atoms with Gasteiger partial charge in [-0.25, -0.2) is 0 Å². The molecule has 2 aromatic carbocycles. The molecule has 16 heavy (non-hydrogen) atoms. The summed E-state index contributed by atoms with van der Waals surface area (Å²) in [5.74, 6) is -0.761. The van der Waals surface area contributed by atoms with Gasteiger partial charge in [0.25, 0.3) is 0 Å². The summed E-state index contributed by atoms with van der Waals surface area (Å²) in [4.78, 5) is 10.6. The number of aromatic hydroxyl groups is 1. The molecule has 0 fully saturated rings. The number of carboxylic acids is 1. The Morgan fingerprint density at radius 3 is 2.69 bits per heavy atom. The van der Waals surface area contributed by atoms with Crippen LogP contribution in [0.25, 0.3) is 10.8 Å². The van der Waals surface area contributed by atoms with Crippen molar-refractivity contribution >= 4 is 16.7 Å². The predicted octanol–water partition coefficient (Wildman–Crippen LogP) is 2.48. The molecule has 0 heterocycles. The van der Waals surface area contributed by atoms with Crippen LogP contribution >= 0.6 is 0 Å². The third-order valence-corrected chi connectivity index (χ3v) is 2.50. The number of rotatable bonds is 2. The number of aryl methyl sites for hydroxylation is 1. The Labute approximate surface area is 93.0 Å². The van der Waals surface area contributed by atoms with Crippen LogP contribution in [-0.4, -0.2) is 16.2 Å². The molecule has 0 aliphatic heterocycles. The molecule has 0 radical (unpaired) electrons. The molecule has 0 aromatic heterocycles. The Morgan fingerprint density at radius 2 is 2.00 bits per heavy atom. The lowest BCUT2D eigenvalue weighted by atomic mass is 10.0. The molecule has 0 atom stereocenters. The Bertz CT molecular complexity index is 558. The van der Waals surface area contributed by atoms with Crippen molar-refractivity contribution in [3.8, 4) is 5.75 Å². The number of hydrogen-bond donors (Lipinski definition) is 2. The third-order valence-electron chi connectivity index (χ3n) is 2.50. The summed E-state index contributed by atoms with van der Waals surface area (Å²) < 4.78 is 0. The fourth-order valence-corrected chi connectivity index (χ4v) is 1.79. The summed E-state index contributed by atoms with van der Waals surface area (Å²) in [6.45, 7) is 1.95. The number of phenols is 1. The van der Waals surface area contributed by atoms with Crippen LogP contribution in [0.4, 0.5) is 0 Å². The minimum atomic E-state index is -0.897. The third kappa shape index (κ3) is 1.98. The van der Waals surface area contributed by atoms with E-state index in [4.69, 9.17) is 5.11 Å². The molecular weight excluding hydrogens is 204 g/mol. The Balaban J connectivity index is 2.59. The summed E-state index contributed by atoms with van der Waals surface area (Å²) in [7, 11) is 0. The van der Waals surface area contributed by atoms with Gasteiger partial charge < -0.3 is 10.2 Å². The maximum absolute atomic E-state index is 10.6. The van der Waals surface area contributed by atoms with Crippen molar-refractivity contribution < 1.29 is 15.0 Å². The first kappa shape index (κ1) is 10.5. The highest BCUT2D eigenvalue weighted by Gasteiger charge is 2.06. The van der Waals surface area contributed by atoms with E-state index in [0.717, 1.165) is 16.3 Å². The number of fused-ring (bicyclic) bond motifs is 1. The van der Waals surface area contributed by atoms with Crippen LogP contribution in [0.5, 0.6) is 5.75 Å². The molecule has 0 unspecified atom stereocenters. The zero-order valence-electron chi connectivity index (χ0n) is 8.90. The highest BCUT2D eigenvalue weighted by Crippen LogP contribution is 2.27. The van der Waals surface area contributed by atoms with Crippen molar-refractivity contribution in [1.82, 2.24) is 0 Å². The summed E-state index contributed by atoms with van der Waals surface area (Å²) in [6.07, 6.45) is -0.0720. The lowest BCUT2D eigenvalue weighted by molar-refractivity contribution is -0.136. The summed E-state index contributed by atoms with van der Waals surface area (Å²) in [5, 5.41) is 20.1. The number of benzene rings is 2. The first-order valence-corrected chi connectivity index (χ1v) is 5.00. The van der Waals surface area contributed by atoms with Crippen LogP contribution in [0, 0.1) is 6.92 Å². The van der Waals surface area contributed by atoms with E-state index in [0.29, 0.717) is 5.56 Å². The zero-order chi connectivity index (χ0) is 11.7. The monoisotopic (exact) mass is 216 g/mol. The van der Waals surface area contributed by atoms with Crippen LogP contribution < -0.4 is 0 Å². The van der Waals surface area contributed by atoms with Gasteiger partial charge in [0.2, 0.25) is 0 Å². The Kier molecular flexibility index (Phi) is 2.52. The van der Waals surface area contributed by atoms with Gasteiger partial charge in [-0.2, -0.15) is 0 Å². The van der Waals surface area contributed by atoms with Gasteiger partial charge >= 0.3 is 5.97 Å². The fourth-order valence-electron chi connectivity index (χ4n) is 1.79. The molecule has 0 saturated carbocycles. The van der Waals surface area contributed by atoms with E-state index in [-0.39, 0.29) is 12.2 Å². The van der Waals surface area contributed by atoms with E-state index >= 15 is 0 Å². The van der Waals surface area contributed by atoms with Crippen molar-refractivity contribution in [3.63, 3.8) is 0 Å². The van der Waals surface area contributed by atoms with E-state index in [1.807, 2.05) is 25.1 Å². The van der Waals surface area contributed by atoms with Crippen molar-refractivity contribution in [2.24, 2.45) is 0 Å². The quantitative estimate of drug-likeness (QED) is 0.810. The Morgan fingerprint density at radius 1 is 1.25 bits per heavy atom. The molecule has 0 aliphatic rings. The molecule has 0 saturated heterocycles. The maximum atomic E-state index is 10.6. The van der Waals surface area contributed by atoms with Crippen LogP contribution in [0.2, 0.25) is 0 Å². The minimum absolute atomic E-state index is 0.0720. The molecule has 0 aliphatic carbocycles. The molecule has 2 aromatic rings. The average Bonchev–Trinajstić information content (AvgIpc) is 2.18. The van der Waals surface area contributed by atoms with Gasteiger partial charge in [-0.15, -0.1) is 0 Å². The van der Waals surface area contributed by atoms with E-state index in [2.05, 4.69) is 0 Å².